The third-order valence-electron chi connectivity index (χ3n) is 8.75. The van der Waals surface area contributed by atoms with Crippen LogP contribution in [0.4, 0.5) is 0 Å². The van der Waals surface area contributed by atoms with Crippen LogP contribution in [0, 0.1) is 17.3 Å². The number of fused-ring (bicyclic) bond motifs is 5. The Morgan fingerprint density at radius 3 is 2.61 bits per heavy atom. The van der Waals surface area contributed by atoms with E-state index in [0.717, 1.165) is 38.5 Å². The monoisotopic (exact) mass is 434 g/mol. The fraction of sp³-hybridized carbons (Fsp3) is 0.750. The number of hydrogen-bond donors (Lipinski definition) is 5. The minimum atomic E-state index is -1.45. The van der Waals surface area contributed by atoms with Crippen molar-refractivity contribution < 1.29 is 35.0 Å². The highest BCUT2D eigenvalue weighted by Gasteiger charge is 2.54. The van der Waals surface area contributed by atoms with Crippen molar-refractivity contribution >= 4 is 0 Å². The molecule has 5 N–H and O–H groups in total. The summed E-state index contributed by atoms with van der Waals surface area (Å²) in [7, 11) is 0. The maximum Gasteiger partial charge on any atom is 0.229 e. The fourth-order valence-corrected chi connectivity index (χ4v) is 6.90. The fourth-order valence-electron chi connectivity index (χ4n) is 6.90. The van der Waals surface area contributed by atoms with Gasteiger partial charge in [-0.1, -0.05) is 13.0 Å². The van der Waals surface area contributed by atoms with Crippen molar-refractivity contribution in [2.45, 2.75) is 88.2 Å². The van der Waals surface area contributed by atoms with Crippen molar-refractivity contribution in [3.8, 4) is 5.75 Å². The van der Waals surface area contributed by atoms with Gasteiger partial charge in [0, 0.05) is 0 Å². The predicted octanol–water partition coefficient (Wildman–Crippen LogP) is 1.08. The largest absolute Gasteiger partial charge is 0.462 e. The Morgan fingerprint density at radius 2 is 1.84 bits per heavy atom. The first-order valence-corrected chi connectivity index (χ1v) is 11.6. The van der Waals surface area contributed by atoms with Crippen LogP contribution in [-0.2, 0) is 11.2 Å². The molecule has 2 saturated carbocycles. The summed E-state index contributed by atoms with van der Waals surface area (Å²) in [5.74, 6) is 2.24. The third kappa shape index (κ3) is 3.41. The number of benzene rings is 1. The lowest BCUT2D eigenvalue weighted by atomic mass is 9.55. The van der Waals surface area contributed by atoms with Crippen LogP contribution in [0.3, 0.4) is 0 Å². The molecule has 1 aliphatic heterocycles. The Kier molecular flexibility index (Phi) is 5.56. The first kappa shape index (κ1) is 21.6. The molecule has 7 nitrogen and oxygen atoms in total. The lowest BCUT2D eigenvalue weighted by molar-refractivity contribution is -0.277. The molecule has 1 aromatic rings. The van der Waals surface area contributed by atoms with Crippen molar-refractivity contribution in [2.75, 3.05) is 6.61 Å². The van der Waals surface area contributed by atoms with Gasteiger partial charge in [0.25, 0.3) is 0 Å². The van der Waals surface area contributed by atoms with E-state index in [1.165, 1.54) is 11.1 Å². The van der Waals surface area contributed by atoms with Crippen molar-refractivity contribution in [1.82, 2.24) is 0 Å². The predicted molar refractivity (Wildman–Crippen MR) is 111 cm³/mol. The molecule has 1 heterocycles. The highest BCUT2D eigenvalue weighted by molar-refractivity contribution is 5.41. The summed E-state index contributed by atoms with van der Waals surface area (Å²) in [6, 6.07) is 5.98. The van der Waals surface area contributed by atoms with E-state index >= 15 is 0 Å². The number of hydrogen-bond acceptors (Lipinski definition) is 7. The average Bonchev–Trinajstić information content (AvgIpc) is 3.08. The normalized spacial score (nSPS) is 46.7. The summed E-state index contributed by atoms with van der Waals surface area (Å²) < 4.78 is 11.3. The van der Waals surface area contributed by atoms with Gasteiger partial charge in [0.2, 0.25) is 6.29 Å². The summed E-state index contributed by atoms with van der Waals surface area (Å²) in [4.78, 5) is 0. The summed E-state index contributed by atoms with van der Waals surface area (Å²) in [5, 5.41) is 50.1. The lowest BCUT2D eigenvalue weighted by Gasteiger charge is -2.50. The summed E-state index contributed by atoms with van der Waals surface area (Å²) in [6.45, 7) is 1.80. The van der Waals surface area contributed by atoms with E-state index in [-0.39, 0.29) is 11.5 Å². The van der Waals surface area contributed by atoms with Crippen LogP contribution in [-0.4, -0.2) is 68.9 Å². The van der Waals surface area contributed by atoms with Gasteiger partial charge < -0.3 is 35.0 Å². The topological polar surface area (TPSA) is 120 Å². The molecule has 5 rings (SSSR count). The zero-order valence-electron chi connectivity index (χ0n) is 17.9. The van der Waals surface area contributed by atoms with Crippen molar-refractivity contribution in [2.24, 2.45) is 17.3 Å². The molecule has 31 heavy (non-hydrogen) atoms. The van der Waals surface area contributed by atoms with E-state index in [2.05, 4.69) is 13.0 Å². The van der Waals surface area contributed by atoms with Gasteiger partial charge in [-0.05, 0) is 85.0 Å². The molecule has 10 atom stereocenters. The second-order valence-corrected chi connectivity index (χ2v) is 10.2. The number of ether oxygens (including phenoxy) is 2. The van der Waals surface area contributed by atoms with Gasteiger partial charge in [-0.3, -0.25) is 0 Å². The van der Waals surface area contributed by atoms with E-state index in [9.17, 15) is 25.5 Å². The quantitative estimate of drug-likeness (QED) is 0.483. The summed E-state index contributed by atoms with van der Waals surface area (Å²) in [5.41, 5.74) is 2.66. The number of aliphatic hydroxyl groups excluding tert-OH is 5. The van der Waals surface area contributed by atoms with E-state index in [0.29, 0.717) is 23.5 Å². The van der Waals surface area contributed by atoms with Crippen LogP contribution in [0.2, 0.25) is 0 Å². The van der Waals surface area contributed by atoms with Crippen molar-refractivity contribution in [3.05, 3.63) is 29.3 Å². The Bertz CT molecular complexity index is 813. The highest BCUT2D eigenvalue weighted by Crippen LogP contribution is 2.60. The molecular formula is C24H34O7. The van der Waals surface area contributed by atoms with Crippen molar-refractivity contribution in [3.63, 3.8) is 0 Å². The SMILES string of the molecule is C[C@]12CC[C@@H]3c4ccc(O[C@H]5O[C@H](CO)[C@@H](O)[C@H](O)[C@H]5O)cc4CC[C@H]3[C@@H]1CC[C@@H]2O. The zero-order chi connectivity index (χ0) is 21.9. The maximum absolute atomic E-state index is 10.6. The van der Waals surface area contributed by atoms with Crippen LogP contribution in [0.15, 0.2) is 18.2 Å². The Hall–Kier alpha value is -1.22. The average molecular weight is 435 g/mol. The standard InChI is InChI=1S/C24H34O7/c1-24-9-8-15-14-5-3-13(30-23-22(29)21(28)20(27)18(11-25)31-23)10-12(14)2-4-16(15)17(24)6-7-19(24)26/h3,5,10,15-23,25-29H,2,4,6-9,11H2,1H3/t15-,16-,17+,18-,19+,20-,21+,22-,23+,24+/m1/s1. The molecule has 3 aliphatic carbocycles. The minimum Gasteiger partial charge on any atom is -0.462 e. The second kappa shape index (κ2) is 7.97. The van der Waals surface area contributed by atoms with Crippen LogP contribution in [0.1, 0.15) is 56.1 Å². The van der Waals surface area contributed by atoms with Gasteiger partial charge in [-0.25, -0.2) is 0 Å². The van der Waals surface area contributed by atoms with Gasteiger partial charge in [-0.2, -0.15) is 0 Å². The van der Waals surface area contributed by atoms with Gasteiger partial charge in [0.15, 0.2) is 0 Å². The van der Waals surface area contributed by atoms with E-state index in [1.807, 2.05) is 12.1 Å². The molecule has 0 spiro atoms. The van der Waals surface area contributed by atoms with Crippen LogP contribution in [0.5, 0.6) is 5.75 Å². The summed E-state index contributed by atoms with van der Waals surface area (Å²) >= 11 is 0. The molecule has 1 saturated heterocycles. The van der Waals surface area contributed by atoms with E-state index in [1.54, 1.807) is 0 Å². The minimum absolute atomic E-state index is 0.0603. The van der Waals surface area contributed by atoms with Gasteiger partial charge in [-0.15, -0.1) is 0 Å². The second-order valence-electron chi connectivity index (χ2n) is 10.2. The molecular weight excluding hydrogens is 400 g/mol. The molecule has 0 bridgehead atoms. The number of aliphatic hydroxyl groups is 5. The summed E-state index contributed by atoms with van der Waals surface area (Å²) in [6.07, 6.45) is -0.344. The zero-order valence-corrected chi connectivity index (χ0v) is 17.9. The first-order chi connectivity index (χ1) is 14.8. The van der Waals surface area contributed by atoms with Crippen LogP contribution >= 0.6 is 0 Å². The molecule has 3 fully saturated rings. The Labute approximate surface area is 182 Å². The molecule has 0 unspecified atom stereocenters. The van der Waals surface area contributed by atoms with E-state index in [4.69, 9.17) is 9.47 Å². The van der Waals surface area contributed by atoms with Crippen LogP contribution < -0.4 is 4.74 Å². The number of aryl methyl sites for hydroxylation is 1. The van der Waals surface area contributed by atoms with Gasteiger partial charge in [0.1, 0.15) is 30.2 Å². The molecule has 0 amide bonds. The molecule has 172 valence electrons. The van der Waals surface area contributed by atoms with Gasteiger partial charge >= 0.3 is 0 Å². The lowest BCUT2D eigenvalue weighted by Crippen LogP contribution is -2.60. The Balaban J connectivity index is 1.34. The van der Waals surface area contributed by atoms with E-state index < -0.39 is 37.3 Å². The van der Waals surface area contributed by atoms with Gasteiger partial charge in [0.05, 0.1) is 12.7 Å². The van der Waals surface area contributed by atoms with Crippen molar-refractivity contribution in [1.29, 1.82) is 0 Å². The molecule has 7 heteroatoms. The maximum atomic E-state index is 10.6. The first-order valence-electron chi connectivity index (χ1n) is 11.6. The molecule has 1 aromatic carbocycles. The molecule has 0 radical (unpaired) electrons. The Morgan fingerprint density at radius 1 is 1.03 bits per heavy atom. The molecule has 4 aliphatic rings. The smallest absolute Gasteiger partial charge is 0.229 e. The number of rotatable bonds is 3. The van der Waals surface area contributed by atoms with Crippen LogP contribution in [0.25, 0.3) is 0 Å². The third-order valence-corrected chi connectivity index (χ3v) is 8.75. The highest BCUT2D eigenvalue weighted by atomic mass is 16.7. The molecule has 0 aromatic heterocycles.